The molecule has 0 spiro atoms. The number of nitrogens with zero attached hydrogens (tertiary/aromatic N) is 3. The number of hydrogen-bond acceptors (Lipinski definition) is 7. The van der Waals surface area contributed by atoms with Crippen LogP contribution in [0.25, 0.3) is 0 Å². The first-order chi connectivity index (χ1) is 13.2. The zero-order valence-electron chi connectivity index (χ0n) is 15.0. The third-order valence-electron chi connectivity index (χ3n) is 3.79. The van der Waals surface area contributed by atoms with Crippen molar-refractivity contribution in [1.82, 2.24) is 15.2 Å². The van der Waals surface area contributed by atoms with Gasteiger partial charge in [0.1, 0.15) is 6.61 Å². The van der Waals surface area contributed by atoms with E-state index in [0.717, 1.165) is 11.1 Å². The first-order valence-electron chi connectivity index (χ1n) is 8.22. The van der Waals surface area contributed by atoms with Crippen molar-refractivity contribution in [3.05, 3.63) is 75.8 Å². The Morgan fingerprint density at radius 3 is 2.85 bits per heavy atom. The maximum Gasteiger partial charge on any atom is 0.363 e. The molecule has 3 aromatic rings. The van der Waals surface area contributed by atoms with E-state index >= 15 is 0 Å². The number of aromatic amines is 1. The van der Waals surface area contributed by atoms with Gasteiger partial charge in [0, 0.05) is 0 Å². The lowest BCUT2D eigenvalue weighted by molar-refractivity contribution is 0.284. The van der Waals surface area contributed by atoms with Crippen molar-refractivity contribution in [2.75, 3.05) is 12.5 Å². The van der Waals surface area contributed by atoms with Crippen LogP contribution >= 0.6 is 0 Å². The molecule has 0 radical (unpaired) electrons. The van der Waals surface area contributed by atoms with Gasteiger partial charge in [-0.05, 0) is 41.8 Å². The van der Waals surface area contributed by atoms with Gasteiger partial charge < -0.3 is 9.47 Å². The average molecular weight is 365 g/mol. The first kappa shape index (κ1) is 18.1. The van der Waals surface area contributed by atoms with Crippen molar-refractivity contribution in [2.45, 2.75) is 13.5 Å². The number of ether oxygens (including phenoxy) is 2. The number of hydrogen-bond donors (Lipinski definition) is 2. The quantitative estimate of drug-likeness (QED) is 0.493. The molecular formula is C19H19N5O3. The number of benzene rings is 2. The van der Waals surface area contributed by atoms with Gasteiger partial charge in [0.2, 0.25) is 0 Å². The second-order valence-electron chi connectivity index (χ2n) is 5.67. The number of H-pyrrole nitrogens is 1. The Hall–Kier alpha value is -3.68. The molecule has 3 rings (SSSR count). The molecule has 27 heavy (non-hydrogen) atoms. The van der Waals surface area contributed by atoms with E-state index < -0.39 is 5.69 Å². The number of hydrazone groups is 1. The van der Waals surface area contributed by atoms with Gasteiger partial charge in [0.25, 0.3) is 0 Å². The van der Waals surface area contributed by atoms with Crippen molar-refractivity contribution in [2.24, 2.45) is 5.10 Å². The van der Waals surface area contributed by atoms with Crippen LogP contribution in [0.15, 0.2) is 58.6 Å². The summed E-state index contributed by atoms with van der Waals surface area (Å²) >= 11 is 0. The molecule has 0 aliphatic rings. The fourth-order valence-corrected chi connectivity index (χ4v) is 2.35. The van der Waals surface area contributed by atoms with Crippen LogP contribution in [-0.2, 0) is 6.61 Å². The molecule has 0 bridgehead atoms. The summed E-state index contributed by atoms with van der Waals surface area (Å²) in [5, 5.41) is 9.85. The lowest BCUT2D eigenvalue weighted by Gasteiger charge is -2.12. The minimum absolute atomic E-state index is 0.250. The molecule has 1 heterocycles. The maximum absolute atomic E-state index is 11.1. The predicted molar refractivity (Wildman–Crippen MR) is 102 cm³/mol. The second-order valence-corrected chi connectivity index (χ2v) is 5.67. The van der Waals surface area contributed by atoms with Crippen LogP contribution in [-0.4, -0.2) is 28.5 Å². The van der Waals surface area contributed by atoms with E-state index in [1.807, 2.05) is 49.4 Å². The van der Waals surface area contributed by atoms with E-state index in [1.165, 1.54) is 11.8 Å². The summed E-state index contributed by atoms with van der Waals surface area (Å²) in [7, 11) is 1.58. The Morgan fingerprint density at radius 1 is 1.22 bits per heavy atom. The summed E-state index contributed by atoms with van der Waals surface area (Å²) in [4.78, 5) is 14.7. The summed E-state index contributed by atoms with van der Waals surface area (Å²) < 4.78 is 11.3. The van der Waals surface area contributed by atoms with Crippen LogP contribution in [0.2, 0.25) is 0 Å². The van der Waals surface area contributed by atoms with Crippen LogP contribution in [0.5, 0.6) is 11.5 Å². The highest BCUT2D eigenvalue weighted by molar-refractivity contribution is 5.81. The normalized spacial score (nSPS) is 10.7. The van der Waals surface area contributed by atoms with E-state index in [-0.39, 0.29) is 5.82 Å². The number of aryl methyl sites for hydroxylation is 1. The topological polar surface area (TPSA) is 101 Å². The molecule has 0 unspecified atom stereocenters. The molecule has 0 saturated carbocycles. The molecule has 2 N–H and O–H groups in total. The van der Waals surface area contributed by atoms with Crippen molar-refractivity contribution in [3.63, 3.8) is 0 Å². The second kappa shape index (κ2) is 8.61. The molecule has 0 fully saturated rings. The number of methoxy groups -OCH3 is 1. The molecule has 138 valence electrons. The van der Waals surface area contributed by atoms with Gasteiger partial charge in [0.15, 0.2) is 17.3 Å². The van der Waals surface area contributed by atoms with E-state index in [2.05, 4.69) is 25.7 Å². The van der Waals surface area contributed by atoms with Crippen molar-refractivity contribution in [3.8, 4) is 11.5 Å². The summed E-state index contributed by atoms with van der Waals surface area (Å²) in [5.74, 6) is 1.50. The van der Waals surface area contributed by atoms with Gasteiger partial charge in [-0.2, -0.15) is 15.2 Å². The van der Waals surface area contributed by atoms with Crippen molar-refractivity contribution >= 4 is 12.0 Å². The summed E-state index contributed by atoms with van der Waals surface area (Å²) in [6.45, 7) is 2.51. The monoisotopic (exact) mass is 365 g/mol. The highest BCUT2D eigenvalue weighted by atomic mass is 16.5. The molecule has 0 aliphatic carbocycles. The van der Waals surface area contributed by atoms with E-state index in [1.54, 1.807) is 13.3 Å². The van der Waals surface area contributed by atoms with Crippen LogP contribution in [0.4, 0.5) is 5.82 Å². The first-order valence-corrected chi connectivity index (χ1v) is 8.22. The Bertz CT molecular complexity index is 1000. The molecule has 0 aliphatic heterocycles. The van der Waals surface area contributed by atoms with Crippen LogP contribution in [0.3, 0.4) is 0 Å². The summed E-state index contributed by atoms with van der Waals surface area (Å²) in [6, 6.07) is 13.6. The van der Waals surface area contributed by atoms with E-state index in [0.29, 0.717) is 18.1 Å². The van der Waals surface area contributed by atoms with Crippen molar-refractivity contribution in [1.29, 1.82) is 0 Å². The molecule has 8 heteroatoms. The number of aromatic nitrogens is 3. The Balaban J connectivity index is 1.67. The third kappa shape index (κ3) is 4.91. The molecule has 2 aromatic carbocycles. The SMILES string of the molecule is COc1cc(C=NNc2cn[nH]c(=O)n2)ccc1OCc1ccccc1C. The van der Waals surface area contributed by atoms with Gasteiger partial charge in [-0.1, -0.05) is 24.3 Å². The highest BCUT2D eigenvalue weighted by Gasteiger charge is 2.06. The minimum Gasteiger partial charge on any atom is -0.493 e. The molecule has 0 amide bonds. The van der Waals surface area contributed by atoms with Gasteiger partial charge in [0.05, 0.1) is 19.5 Å². The molecule has 1 aromatic heterocycles. The fraction of sp³-hybridized carbons (Fsp3) is 0.158. The van der Waals surface area contributed by atoms with Gasteiger partial charge in [-0.15, -0.1) is 0 Å². The highest BCUT2D eigenvalue weighted by Crippen LogP contribution is 2.28. The smallest absolute Gasteiger partial charge is 0.363 e. The average Bonchev–Trinajstić information content (AvgIpc) is 2.68. The van der Waals surface area contributed by atoms with E-state index in [9.17, 15) is 4.79 Å². The van der Waals surface area contributed by atoms with Gasteiger partial charge >= 0.3 is 5.69 Å². The molecule has 8 nitrogen and oxygen atoms in total. The lowest BCUT2D eigenvalue weighted by Crippen LogP contribution is -2.13. The number of rotatable bonds is 7. The minimum atomic E-state index is -0.549. The Morgan fingerprint density at radius 2 is 2.07 bits per heavy atom. The fourth-order valence-electron chi connectivity index (χ4n) is 2.35. The Labute approximate surface area is 155 Å². The Kier molecular flexibility index (Phi) is 5.78. The van der Waals surface area contributed by atoms with E-state index in [4.69, 9.17) is 9.47 Å². The van der Waals surface area contributed by atoms with Gasteiger partial charge in [-0.25, -0.2) is 9.89 Å². The molecular weight excluding hydrogens is 346 g/mol. The summed E-state index contributed by atoms with van der Waals surface area (Å²) in [5.41, 5.74) is 5.18. The van der Waals surface area contributed by atoms with Gasteiger partial charge in [-0.3, -0.25) is 5.43 Å². The molecule has 0 saturated heterocycles. The van der Waals surface area contributed by atoms with Crippen LogP contribution in [0, 0.1) is 6.92 Å². The standard InChI is InChI=1S/C19H19N5O3/c1-13-5-3-4-6-15(13)12-27-16-8-7-14(9-17(16)26-2)10-20-23-18-11-21-24-19(25)22-18/h3-11H,12H2,1-2H3,(H2,22,23,24,25). The maximum atomic E-state index is 11.1. The molecule has 0 atom stereocenters. The third-order valence-corrected chi connectivity index (χ3v) is 3.79. The number of nitrogens with one attached hydrogen (secondary N) is 2. The van der Waals surface area contributed by atoms with Crippen LogP contribution < -0.4 is 20.6 Å². The number of anilines is 1. The summed E-state index contributed by atoms with van der Waals surface area (Å²) in [6.07, 6.45) is 2.94. The van der Waals surface area contributed by atoms with Crippen molar-refractivity contribution < 1.29 is 9.47 Å². The zero-order valence-corrected chi connectivity index (χ0v) is 15.0. The largest absolute Gasteiger partial charge is 0.493 e. The zero-order chi connectivity index (χ0) is 19.1. The predicted octanol–water partition coefficient (Wildman–Crippen LogP) is 2.51. The lowest BCUT2D eigenvalue weighted by atomic mass is 10.1. The van der Waals surface area contributed by atoms with Crippen LogP contribution in [0.1, 0.15) is 16.7 Å².